The zero-order valence-electron chi connectivity index (χ0n) is 6.35. The van der Waals surface area contributed by atoms with Gasteiger partial charge in [0.1, 0.15) is 0 Å². The molecule has 2 nitrogen and oxygen atoms in total. The summed E-state index contributed by atoms with van der Waals surface area (Å²) in [5.74, 6) is 0. The lowest BCUT2D eigenvalue weighted by Crippen LogP contribution is -1.93. The molecule has 0 radical (unpaired) electrons. The van der Waals surface area contributed by atoms with Crippen LogP contribution in [-0.2, 0) is 6.54 Å². The van der Waals surface area contributed by atoms with E-state index in [2.05, 4.69) is 16.5 Å². The molecule has 1 rings (SSSR count). The second-order valence-electron chi connectivity index (χ2n) is 2.44. The van der Waals surface area contributed by atoms with Crippen molar-refractivity contribution in [3.8, 4) is 0 Å². The summed E-state index contributed by atoms with van der Waals surface area (Å²) in [6, 6.07) is 0. The van der Waals surface area contributed by atoms with Crippen molar-refractivity contribution < 1.29 is 0 Å². The molecule has 1 aromatic heterocycles. The standard InChI is InChI=1S/C7H12N2S/c1-3-4-9-5-6(2)8-7(9)10/h5H,3-4H2,1-2H3,(H,8,10). The smallest absolute Gasteiger partial charge is 0.177 e. The molecule has 3 heteroatoms. The van der Waals surface area contributed by atoms with E-state index in [1.165, 1.54) is 0 Å². The van der Waals surface area contributed by atoms with Gasteiger partial charge in [0.2, 0.25) is 0 Å². The molecule has 0 unspecified atom stereocenters. The molecule has 0 atom stereocenters. The Morgan fingerprint density at radius 1 is 1.70 bits per heavy atom. The minimum Gasteiger partial charge on any atom is -0.335 e. The predicted octanol–water partition coefficient (Wildman–Crippen LogP) is 2.26. The van der Waals surface area contributed by atoms with Gasteiger partial charge in [0.25, 0.3) is 0 Å². The molecular weight excluding hydrogens is 144 g/mol. The molecule has 1 N–H and O–H groups in total. The number of aryl methyl sites for hydroxylation is 2. The Balaban J connectivity index is 2.92. The second kappa shape index (κ2) is 3.01. The third kappa shape index (κ3) is 1.48. The molecule has 1 aromatic rings. The Morgan fingerprint density at radius 3 is 2.80 bits per heavy atom. The Bertz CT molecular complexity index is 259. The van der Waals surface area contributed by atoms with Crippen LogP contribution in [0.4, 0.5) is 0 Å². The van der Waals surface area contributed by atoms with Crippen LogP contribution in [0.5, 0.6) is 0 Å². The summed E-state index contributed by atoms with van der Waals surface area (Å²) in [6.45, 7) is 5.18. The highest BCUT2D eigenvalue weighted by Gasteiger charge is 1.92. The van der Waals surface area contributed by atoms with Crippen molar-refractivity contribution in [2.45, 2.75) is 26.8 Å². The van der Waals surface area contributed by atoms with E-state index in [1.807, 2.05) is 13.1 Å². The molecule has 0 amide bonds. The van der Waals surface area contributed by atoms with Crippen molar-refractivity contribution in [3.63, 3.8) is 0 Å². The molecule has 0 spiro atoms. The average Bonchev–Trinajstić information content (AvgIpc) is 2.13. The minimum atomic E-state index is 0.833. The normalized spacial score (nSPS) is 10.2. The van der Waals surface area contributed by atoms with Crippen molar-refractivity contribution >= 4 is 12.2 Å². The van der Waals surface area contributed by atoms with Gasteiger partial charge < -0.3 is 9.55 Å². The van der Waals surface area contributed by atoms with E-state index in [0.29, 0.717) is 0 Å². The van der Waals surface area contributed by atoms with E-state index in [1.54, 1.807) is 0 Å². The first-order chi connectivity index (χ1) is 4.74. The Kier molecular flexibility index (Phi) is 2.27. The molecule has 0 aliphatic rings. The van der Waals surface area contributed by atoms with Crippen LogP contribution in [0.3, 0.4) is 0 Å². The van der Waals surface area contributed by atoms with Crippen molar-refractivity contribution in [1.82, 2.24) is 9.55 Å². The highest BCUT2D eigenvalue weighted by molar-refractivity contribution is 7.71. The van der Waals surface area contributed by atoms with E-state index in [9.17, 15) is 0 Å². The molecule has 10 heavy (non-hydrogen) atoms. The van der Waals surface area contributed by atoms with Gasteiger partial charge in [-0.05, 0) is 25.6 Å². The van der Waals surface area contributed by atoms with Crippen LogP contribution in [-0.4, -0.2) is 9.55 Å². The predicted molar refractivity (Wildman–Crippen MR) is 44.6 cm³/mol. The van der Waals surface area contributed by atoms with Gasteiger partial charge >= 0.3 is 0 Å². The summed E-state index contributed by atoms with van der Waals surface area (Å²) in [5.41, 5.74) is 1.14. The molecule has 1 heterocycles. The fourth-order valence-electron chi connectivity index (χ4n) is 0.972. The van der Waals surface area contributed by atoms with Gasteiger partial charge in [-0.3, -0.25) is 0 Å². The molecule has 0 fully saturated rings. The summed E-state index contributed by atoms with van der Waals surface area (Å²) >= 11 is 5.05. The first-order valence-corrected chi connectivity index (χ1v) is 3.91. The number of aromatic nitrogens is 2. The van der Waals surface area contributed by atoms with Crippen LogP contribution in [0, 0.1) is 11.7 Å². The average molecular weight is 156 g/mol. The molecule has 0 saturated carbocycles. The van der Waals surface area contributed by atoms with Crippen LogP contribution in [0.2, 0.25) is 0 Å². The first kappa shape index (κ1) is 7.54. The fourth-order valence-corrected chi connectivity index (χ4v) is 1.28. The van der Waals surface area contributed by atoms with Gasteiger partial charge in [-0.25, -0.2) is 0 Å². The number of hydrogen-bond donors (Lipinski definition) is 1. The Morgan fingerprint density at radius 2 is 2.40 bits per heavy atom. The van der Waals surface area contributed by atoms with E-state index in [-0.39, 0.29) is 0 Å². The lowest BCUT2D eigenvalue weighted by Gasteiger charge is -1.94. The monoisotopic (exact) mass is 156 g/mol. The third-order valence-electron chi connectivity index (χ3n) is 1.38. The molecule has 0 aliphatic carbocycles. The molecule has 56 valence electrons. The molecule has 0 aromatic carbocycles. The van der Waals surface area contributed by atoms with Crippen LogP contribution in [0.25, 0.3) is 0 Å². The van der Waals surface area contributed by atoms with Crippen LogP contribution < -0.4 is 0 Å². The number of nitrogens with zero attached hydrogens (tertiary/aromatic N) is 1. The van der Waals surface area contributed by atoms with Gasteiger partial charge in [-0.1, -0.05) is 6.92 Å². The lowest BCUT2D eigenvalue weighted by molar-refractivity contribution is 0.670. The number of H-pyrrole nitrogens is 1. The Hall–Kier alpha value is -0.570. The first-order valence-electron chi connectivity index (χ1n) is 3.50. The van der Waals surface area contributed by atoms with Gasteiger partial charge in [0.15, 0.2) is 4.77 Å². The van der Waals surface area contributed by atoms with Gasteiger partial charge in [-0.15, -0.1) is 0 Å². The number of nitrogens with one attached hydrogen (secondary N) is 1. The topological polar surface area (TPSA) is 20.7 Å². The summed E-state index contributed by atoms with van der Waals surface area (Å²) in [7, 11) is 0. The van der Waals surface area contributed by atoms with E-state index in [4.69, 9.17) is 12.2 Å². The van der Waals surface area contributed by atoms with Gasteiger partial charge in [-0.2, -0.15) is 0 Å². The van der Waals surface area contributed by atoms with Gasteiger partial charge in [0, 0.05) is 18.4 Å². The summed E-state index contributed by atoms with van der Waals surface area (Å²) < 4.78 is 2.89. The van der Waals surface area contributed by atoms with Crippen LogP contribution in [0.1, 0.15) is 19.0 Å². The van der Waals surface area contributed by atoms with E-state index < -0.39 is 0 Å². The van der Waals surface area contributed by atoms with Crippen LogP contribution >= 0.6 is 12.2 Å². The number of hydrogen-bond acceptors (Lipinski definition) is 1. The van der Waals surface area contributed by atoms with Crippen molar-refractivity contribution in [2.24, 2.45) is 0 Å². The molecule has 0 saturated heterocycles. The summed E-state index contributed by atoms with van der Waals surface area (Å²) in [5, 5.41) is 0. The highest BCUT2D eigenvalue weighted by Crippen LogP contribution is 1.97. The van der Waals surface area contributed by atoms with E-state index in [0.717, 1.165) is 23.4 Å². The molecule has 0 bridgehead atoms. The van der Waals surface area contributed by atoms with Crippen molar-refractivity contribution in [1.29, 1.82) is 0 Å². The number of imidazole rings is 1. The summed E-state index contributed by atoms with van der Waals surface area (Å²) in [6.07, 6.45) is 3.18. The van der Waals surface area contributed by atoms with Crippen molar-refractivity contribution in [2.75, 3.05) is 0 Å². The summed E-state index contributed by atoms with van der Waals surface area (Å²) in [4.78, 5) is 3.07. The zero-order valence-corrected chi connectivity index (χ0v) is 7.16. The minimum absolute atomic E-state index is 0.833. The largest absolute Gasteiger partial charge is 0.335 e. The van der Waals surface area contributed by atoms with Crippen molar-refractivity contribution in [3.05, 3.63) is 16.7 Å². The highest BCUT2D eigenvalue weighted by atomic mass is 32.1. The molecule has 0 aliphatic heterocycles. The lowest BCUT2D eigenvalue weighted by atomic mass is 10.5. The second-order valence-corrected chi connectivity index (χ2v) is 2.82. The number of rotatable bonds is 2. The maximum atomic E-state index is 5.05. The SMILES string of the molecule is CCCn1cc(C)[nH]c1=S. The fraction of sp³-hybridized carbons (Fsp3) is 0.571. The zero-order chi connectivity index (χ0) is 7.56. The third-order valence-corrected chi connectivity index (χ3v) is 1.72. The number of aromatic amines is 1. The molecular formula is C7H12N2S. The van der Waals surface area contributed by atoms with Crippen LogP contribution in [0.15, 0.2) is 6.20 Å². The quantitative estimate of drug-likeness (QED) is 0.651. The maximum absolute atomic E-state index is 5.05. The van der Waals surface area contributed by atoms with Gasteiger partial charge in [0.05, 0.1) is 0 Å². The maximum Gasteiger partial charge on any atom is 0.177 e. The van der Waals surface area contributed by atoms with E-state index >= 15 is 0 Å². The Labute approximate surface area is 65.9 Å².